The molecule has 10 heavy (non-hydrogen) atoms. The molecular formula is C4H11BF3O2. The Bertz CT molecular complexity index is 62.5. The van der Waals surface area contributed by atoms with Crippen LogP contribution in [0.5, 0.6) is 0 Å². The number of carboxylic acids is 1. The van der Waals surface area contributed by atoms with E-state index in [0.29, 0.717) is 6.42 Å². The van der Waals surface area contributed by atoms with Crippen molar-refractivity contribution in [3.8, 4) is 0 Å². The Kier molecular flexibility index (Phi) is 82.5. The Morgan fingerprint density at radius 1 is 1.30 bits per heavy atom. The number of carbonyl (C=O) groups is 1. The molecule has 0 amide bonds. The molecule has 6 heteroatoms. The van der Waals surface area contributed by atoms with Crippen molar-refractivity contribution in [2.45, 2.75) is 19.8 Å². The van der Waals surface area contributed by atoms with Crippen LogP contribution < -0.4 is 0 Å². The summed E-state index contributed by atoms with van der Waals surface area (Å²) in [5.74, 6) is -0.711. The maximum Gasteiger partial charge on any atom is 0.303 e. The number of hydrogen-bond acceptors (Lipinski definition) is 1. The number of hydrogen-bond donors (Lipinski definition) is 1. The van der Waals surface area contributed by atoms with E-state index in [-0.39, 0.29) is 22.5 Å². The summed E-state index contributed by atoms with van der Waals surface area (Å²) >= 11 is 0. The largest absolute Gasteiger partial charge is 0.481 e. The first-order valence-corrected chi connectivity index (χ1v) is 1.99. The minimum Gasteiger partial charge on any atom is -0.481 e. The summed E-state index contributed by atoms with van der Waals surface area (Å²) in [6.45, 7) is 1.84. The summed E-state index contributed by atoms with van der Waals surface area (Å²) < 4.78 is 0. The van der Waals surface area contributed by atoms with Crippen LogP contribution in [-0.2, 0) is 4.79 Å². The van der Waals surface area contributed by atoms with Crippen molar-refractivity contribution >= 4 is 14.4 Å². The molecule has 0 unspecified atom stereocenters. The summed E-state index contributed by atoms with van der Waals surface area (Å²) in [7, 11) is 0. The molecule has 0 saturated carbocycles. The van der Waals surface area contributed by atoms with Gasteiger partial charge in [0.2, 0.25) is 0 Å². The maximum absolute atomic E-state index is 9.60. The fraction of sp³-hybridized carbons (Fsp3) is 0.750. The van der Waals surface area contributed by atoms with E-state index in [1.807, 2.05) is 6.92 Å². The predicted octanol–water partition coefficient (Wildman–Crippen LogP) is 0.948. The van der Waals surface area contributed by atoms with Gasteiger partial charge in [0.05, 0.1) is 0 Å². The molecule has 0 bridgehead atoms. The van der Waals surface area contributed by atoms with Gasteiger partial charge in [-0.1, -0.05) is 6.92 Å². The van der Waals surface area contributed by atoms with Crippen LogP contribution in [0.2, 0.25) is 0 Å². The second kappa shape index (κ2) is 23.9. The fourth-order valence-electron chi connectivity index (χ4n) is 0.214. The van der Waals surface area contributed by atoms with Crippen LogP contribution >= 0.6 is 0 Å². The van der Waals surface area contributed by atoms with Gasteiger partial charge in [-0.2, -0.15) is 0 Å². The average Bonchev–Trinajstić information content (AvgIpc) is 1.35. The summed E-state index contributed by atoms with van der Waals surface area (Å²) in [4.78, 5) is 9.60. The van der Waals surface area contributed by atoms with Crippen LogP contribution in [0.25, 0.3) is 0 Å². The lowest BCUT2D eigenvalue weighted by molar-refractivity contribution is -0.137. The Labute approximate surface area is 59.3 Å². The summed E-state index contributed by atoms with van der Waals surface area (Å²) in [6, 6.07) is 0. The first-order valence-electron chi connectivity index (χ1n) is 1.99. The molecule has 0 aromatic heterocycles. The van der Waals surface area contributed by atoms with Crippen molar-refractivity contribution < 1.29 is 24.0 Å². The highest BCUT2D eigenvalue weighted by Crippen LogP contribution is 1.82. The molecule has 0 rings (SSSR count). The van der Waals surface area contributed by atoms with E-state index >= 15 is 0 Å². The van der Waals surface area contributed by atoms with Crippen LogP contribution in [0.4, 0.5) is 14.1 Å². The van der Waals surface area contributed by atoms with Crippen LogP contribution in [-0.4, -0.2) is 19.5 Å². The lowest BCUT2D eigenvalue weighted by Crippen LogP contribution is -1.90. The van der Waals surface area contributed by atoms with E-state index in [1.54, 1.807) is 0 Å². The van der Waals surface area contributed by atoms with Gasteiger partial charge in [0.1, 0.15) is 0 Å². The van der Waals surface area contributed by atoms with Gasteiger partial charge < -0.3 is 5.11 Å². The number of halogens is 3. The van der Waals surface area contributed by atoms with Gasteiger partial charge in [0.15, 0.2) is 0 Å². The molecule has 0 atom stereocenters. The van der Waals surface area contributed by atoms with Gasteiger partial charge in [-0.3, -0.25) is 18.9 Å². The van der Waals surface area contributed by atoms with E-state index in [2.05, 4.69) is 0 Å². The number of rotatable bonds is 2. The molecule has 1 N–H and O–H groups in total. The van der Waals surface area contributed by atoms with Gasteiger partial charge >= 0.3 is 5.97 Å². The third kappa shape index (κ3) is 54.2. The predicted molar refractivity (Wildman–Crippen MR) is 35.8 cm³/mol. The van der Waals surface area contributed by atoms with Crippen LogP contribution in [0, 0.1) is 0 Å². The highest BCUT2D eigenvalue weighted by Gasteiger charge is 1.87. The normalized spacial score (nSPS) is 4.90. The Morgan fingerprint density at radius 3 is 1.60 bits per heavy atom. The highest BCUT2D eigenvalue weighted by atomic mass is 19.0. The van der Waals surface area contributed by atoms with E-state index in [4.69, 9.17) is 5.11 Å². The monoisotopic (exact) mass is 159 g/mol. The molecule has 0 aromatic carbocycles. The zero-order valence-corrected chi connectivity index (χ0v) is 5.57. The SMILES string of the molecule is CCCC(=O)O.F.F.F.[B]. The van der Waals surface area contributed by atoms with Crippen LogP contribution in [0.3, 0.4) is 0 Å². The smallest absolute Gasteiger partial charge is 0.303 e. The van der Waals surface area contributed by atoms with E-state index < -0.39 is 5.97 Å². The van der Waals surface area contributed by atoms with Crippen molar-refractivity contribution in [1.82, 2.24) is 0 Å². The third-order valence-electron chi connectivity index (χ3n) is 0.464. The van der Waals surface area contributed by atoms with E-state index in [9.17, 15) is 4.79 Å². The van der Waals surface area contributed by atoms with Crippen molar-refractivity contribution in [1.29, 1.82) is 0 Å². The van der Waals surface area contributed by atoms with Gasteiger partial charge in [-0.25, -0.2) is 0 Å². The molecular weight excluding hydrogens is 148 g/mol. The first kappa shape index (κ1) is 34.6. The van der Waals surface area contributed by atoms with Gasteiger partial charge in [-0.05, 0) is 6.42 Å². The van der Waals surface area contributed by atoms with Crippen molar-refractivity contribution in [3.63, 3.8) is 0 Å². The minimum absolute atomic E-state index is 0. The lowest BCUT2D eigenvalue weighted by atomic mass is 10.4. The summed E-state index contributed by atoms with van der Waals surface area (Å²) in [5.41, 5.74) is 0. The molecule has 63 valence electrons. The van der Waals surface area contributed by atoms with E-state index in [0.717, 1.165) is 6.42 Å². The van der Waals surface area contributed by atoms with Gasteiger partial charge in [0.25, 0.3) is 0 Å². The molecule has 0 spiro atoms. The highest BCUT2D eigenvalue weighted by molar-refractivity contribution is 5.75. The average molecular weight is 159 g/mol. The molecule has 0 aromatic rings. The minimum atomic E-state index is -0.711. The molecule has 0 aliphatic heterocycles. The number of carboxylic acid groups (broad SMARTS) is 1. The molecule has 2 nitrogen and oxygen atoms in total. The molecule has 0 aliphatic rings. The molecule has 3 radical (unpaired) electrons. The standard InChI is InChI=1S/C4H8O2.B.3FH/c1-2-3-4(5)6;;;;/h2-3H2,1H3,(H,5,6);;3*1H. The zero-order chi connectivity index (χ0) is 4.99. The fourth-order valence-corrected chi connectivity index (χ4v) is 0.214. The summed E-state index contributed by atoms with van der Waals surface area (Å²) in [6.07, 6.45) is 1.02. The third-order valence-corrected chi connectivity index (χ3v) is 0.464. The van der Waals surface area contributed by atoms with Crippen LogP contribution in [0.15, 0.2) is 0 Å². The zero-order valence-electron chi connectivity index (χ0n) is 5.57. The molecule has 0 heterocycles. The molecule has 0 aliphatic carbocycles. The molecule has 0 fully saturated rings. The summed E-state index contributed by atoms with van der Waals surface area (Å²) in [5, 5.41) is 7.91. The van der Waals surface area contributed by atoms with Crippen molar-refractivity contribution in [3.05, 3.63) is 0 Å². The Hall–Kier alpha value is -0.675. The second-order valence-corrected chi connectivity index (χ2v) is 1.14. The Morgan fingerprint density at radius 2 is 1.60 bits per heavy atom. The second-order valence-electron chi connectivity index (χ2n) is 1.14. The quantitative estimate of drug-likeness (QED) is 0.608. The van der Waals surface area contributed by atoms with Crippen molar-refractivity contribution in [2.75, 3.05) is 0 Å². The first-order chi connectivity index (χ1) is 2.77. The lowest BCUT2D eigenvalue weighted by Gasteiger charge is -1.79. The van der Waals surface area contributed by atoms with Gasteiger partial charge in [0, 0.05) is 14.8 Å². The number of aliphatic carboxylic acids is 1. The Balaban J connectivity index is -0.0000000208. The van der Waals surface area contributed by atoms with Gasteiger partial charge in [-0.15, -0.1) is 0 Å². The maximum atomic E-state index is 9.60. The topological polar surface area (TPSA) is 37.3 Å². The van der Waals surface area contributed by atoms with Crippen molar-refractivity contribution in [2.24, 2.45) is 0 Å². The molecule has 0 saturated heterocycles. The van der Waals surface area contributed by atoms with Crippen LogP contribution in [0.1, 0.15) is 19.8 Å². The van der Waals surface area contributed by atoms with E-state index in [1.165, 1.54) is 0 Å².